The number of aromatic nitrogens is 3. The summed E-state index contributed by atoms with van der Waals surface area (Å²) in [5.74, 6) is 0.222. The molecule has 1 aliphatic carbocycles. The number of likely N-dealkylation sites (tertiary alicyclic amines) is 1. The molecule has 1 amide bonds. The van der Waals surface area contributed by atoms with Crippen molar-refractivity contribution in [2.45, 2.75) is 44.6 Å². The van der Waals surface area contributed by atoms with E-state index in [1.54, 1.807) is 17.2 Å². The maximum absolute atomic E-state index is 13.1. The zero-order valence-electron chi connectivity index (χ0n) is 17.8. The maximum atomic E-state index is 13.1. The van der Waals surface area contributed by atoms with Gasteiger partial charge in [0.05, 0.1) is 25.5 Å². The van der Waals surface area contributed by atoms with Crippen LogP contribution in [0.25, 0.3) is 0 Å². The smallest absolute Gasteiger partial charge is 0.319 e. The molecule has 1 N–H and O–H groups in total. The predicted molar refractivity (Wildman–Crippen MR) is 106 cm³/mol. The molecule has 2 atom stereocenters. The topological polar surface area (TPSA) is 111 Å². The minimum Gasteiger partial charge on any atom is -0.481 e. The maximum Gasteiger partial charge on any atom is 0.319 e. The number of carbonyl (C=O) groups is 1. The summed E-state index contributed by atoms with van der Waals surface area (Å²) in [4.78, 5) is 23.3. The van der Waals surface area contributed by atoms with Gasteiger partial charge >= 0.3 is 6.01 Å². The Morgan fingerprint density at radius 3 is 2.53 bits per heavy atom. The molecule has 2 unspecified atom stereocenters. The fourth-order valence-corrected chi connectivity index (χ4v) is 4.75. The van der Waals surface area contributed by atoms with Crippen LogP contribution in [0.2, 0.25) is 0 Å². The molecule has 30 heavy (non-hydrogen) atoms. The second kappa shape index (κ2) is 7.86. The summed E-state index contributed by atoms with van der Waals surface area (Å²) in [5, 5.41) is 15.9. The van der Waals surface area contributed by atoms with Crippen LogP contribution in [0.5, 0.6) is 11.9 Å². The molecule has 0 aromatic carbocycles. The lowest BCUT2D eigenvalue weighted by Crippen LogP contribution is -2.59. The molecular formula is C21H28N4O5. The molecule has 2 bridgehead atoms. The van der Waals surface area contributed by atoms with Gasteiger partial charge in [-0.3, -0.25) is 4.79 Å². The third-order valence-electron chi connectivity index (χ3n) is 6.39. The van der Waals surface area contributed by atoms with Crippen molar-refractivity contribution in [2.75, 3.05) is 27.3 Å². The molecule has 2 aliphatic rings. The summed E-state index contributed by atoms with van der Waals surface area (Å²) in [5.41, 5.74) is 0.137. The van der Waals surface area contributed by atoms with Gasteiger partial charge in [0.15, 0.2) is 0 Å². The molecule has 3 heterocycles. The van der Waals surface area contributed by atoms with Crippen LogP contribution < -0.4 is 9.47 Å². The van der Waals surface area contributed by atoms with Crippen LogP contribution in [0.15, 0.2) is 16.8 Å². The Bertz CT molecular complexity index is 914. The van der Waals surface area contributed by atoms with Crippen LogP contribution in [-0.4, -0.2) is 58.3 Å². The summed E-state index contributed by atoms with van der Waals surface area (Å²) >= 11 is 0. The van der Waals surface area contributed by atoms with Gasteiger partial charge in [-0.15, -0.1) is 0 Å². The number of piperidine rings is 1. The summed E-state index contributed by atoms with van der Waals surface area (Å²) in [6.07, 6.45) is 4.16. The second-order valence-electron chi connectivity index (χ2n) is 8.41. The quantitative estimate of drug-likeness (QED) is 0.791. The van der Waals surface area contributed by atoms with Crippen molar-refractivity contribution in [1.82, 2.24) is 20.0 Å². The SMILES string of the molecule is COc1ncc(C2(O)C3CCCC2CN(C(=O)c2cc(C(C)C)no2)C3)c(OC)n1. The van der Waals surface area contributed by atoms with E-state index in [0.29, 0.717) is 24.5 Å². The van der Waals surface area contributed by atoms with Gasteiger partial charge in [0.2, 0.25) is 11.6 Å². The monoisotopic (exact) mass is 416 g/mol. The first-order valence-electron chi connectivity index (χ1n) is 10.3. The van der Waals surface area contributed by atoms with Gasteiger partial charge in [-0.25, -0.2) is 4.98 Å². The molecule has 162 valence electrons. The molecule has 1 saturated carbocycles. The van der Waals surface area contributed by atoms with E-state index in [2.05, 4.69) is 15.1 Å². The van der Waals surface area contributed by atoms with Gasteiger partial charge in [0.25, 0.3) is 5.91 Å². The van der Waals surface area contributed by atoms with Crippen LogP contribution in [0, 0.1) is 11.8 Å². The van der Waals surface area contributed by atoms with Crippen molar-refractivity contribution < 1.29 is 23.9 Å². The van der Waals surface area contributed by atoms with Gasteiger partial charge in [0.1, 0.15) is 5.60 Å². The number of aliphatic hydroxyl groups is 1. The molecule has 2 aromatic heterocycles. The number of nitrogens with zero attached hydrogens (tertiary/aromatic N) is 4. The number of carbonyl (C=O) groups excluding carboxylic acids is 1. The average molecular weight is 416 g/mol. The molecule has 4 rings (SSSR count). The van der Waals surface area contributed by atoms with E-state index < -0.39 is 5.60 Å². The number of hydrogen-bond acceptors (Lipinski definition) is 8. The van der Waals surface area contributed by atoms with Crippen molar-refractivity contribution in [2.24, 2.45) is 11.8 Å². The zero-order valence-corrected chi connectivity index (χ0v) is 17.8. The first-order valence-corrected chi connectivity index (χ1v) is 10.3. The number of hydrogen-bond donors (Lipinski definition) is 1. The second-order valence-corrected chi connectivity index (χ2v) is 8.41. The Hall–Kier alpha value is -2.68. The van der Waals surface area contributed by atoms with Crippen molar-refractivity contribution in [3.63, 3.8) is 0 Å². The van der Waals surface area contributed by atoms with E-state index in [4.69, 9.17) is 14.0 Å². The van der Waals surface area contributed by atoms with Crippen LogP contribution in [0.4, 0.5) is 0 Å². The van der Waals surface area contributed by atoms with Crippen LogP contribution in [0.3, 0.4) is 0 Å². The van der Waals surface area contributed by atoms with Crippen LogP contribution in [0.1, 0.15) is 60.8 Å². The molecule has 2 fully saturated rings. The van der Waals surface area contributed by atoms with Crippen molar-refractivity contribution >= 4 is 5.91 Å². The fraction of sp³-hybridized carbons (Fsp3) is 0.619. The van der Waals surface area contributed by atoms with E-state index >= 15 is 0 Å². The number of fused-ring (bicyclic) bond motifs is 2. The predicted octanol–water partition coefficient (Wildman–Crippen LogP) is 2.37. The lowest BCUT2D eigenvalue weighted by Gasteiger charge is -2.52. The summed E-state index contributed by atoms with van der Waals surface area (Å²) in [6, 6.07) is 1.90. The standard InChI is InChI=1S/C21H28N4O5/c1-12(2)16-8-17(30-24-16)19(26)25-10-13-6-5-7-14(11-25)21(13,27)15-9-22-20(29-4)23-18(15)28-3/h8-9,12-14,27H,5-7,10-11H2,1-4H3. The fourth-order valence-electron chi connectivity index (χ4n) is 4.75. The van der Waals surface area contributed by atoms with E-state index in [9.17, 15) is 9.90 Å². The van der Waals surface area contributed by atoms with Gasteiger partial charge in [-0.05, 0) is 18.8 Å². The Kier molecular flexibility index (Phi) is 5.40. The van der Waals surface area contributed by atoms with E-state index in [0.717, 1.165) is 25.0 Å². The third-order valence-corrected chi connectivity index (χ3v) is 6.39. The van der Waals surface area contributed by atoms with Gasteiger partial charge in [0, 0.05) is 37.2 Å². The summed E-state index contributed by atoms with van der Waals surface area (Å²) in [7, 11) is 3.00. The highest BCUT2D eigenvalue weighted by molar-refractivity contribution is 5.91. The van der Waals surface area contributed by atoms with Crippen molar-refractivity contribution in [3.05, 3.63) is 29.3 Å². The highest BCUT2D eigenvalue weighted by Crippen LogP contribution is 2.51. The van der Waals surface area contributed by atoms with Crippen molar-refractivity contribution in [1.29, 1.82) is 0 Å². The summed E-state index contributed by atoms with van der Waals surface area (Å²) in [6.45, 7) is 4.83. The molecule has 0 spiro atoms. The molecule has 2 aromatic rings. The largest absolute Gasteiger partial charge is 0.481 e. The Morgan fingerprint density at radius 1 is 1.27 bits per heavy atom. The number of methoxy groups -OCH3 is 2. The Labute approximate surface area is 175 Å². The molecule has 1 aliphatic heterocycles. The highest BCUT2D eigenvalue weighted by Gasteiger charge is 2.54. The average Bonchev–Trinajstić information content (AvgIpc) is 3.23. The number of amides is 1. The van der Waals surface area contributed by atoms with E-state index in [-0.39, 0.29) is 35.4 Å². The zero-order chi connectivity index (χ0) is 21.5. The third kappa shape index (κ3) is 3.30. The molecule has 0 radical (unpaired) electrons. The minimum atomic E-state index is -1.17. The first kappa shape index (κ1) is 20.6. The molecule has 1 saturated heterocycles. The lowest BCUT2D eigenvalue weighted by atomic mass is 9.63. The Balaban J connectivity index is 1.63. The number of ether oxygens (including phenoxy) is 2. The van der Waals surface area contributed by atoms with Gasteiger partial charge < -0.3 is 24.0 Å². The lowest BCUT2D eigenvalue weighted by molar-refractivity contribution is -0.141. The van der Waals surface area contributed by atoms with Gasteiger partial charge in [-0.2, -0.15) is 4.98 Å². The Morgan fingerprint density at radius 2 is 1.97 bits per heavy atom. The van der Waals surface area contributed by atoms with Crippen LogP contribution in [-0.2, 0) is 5.60 Å². The first-order chi connectivity index (χ1) is 14.4. The molecular weight excluding hydrogens is 388 g/mol. The van der Waals surface area contributed by atoms with Gasteiger partial charge in [-0.1, -0.05) is 25.4 Å². The highest BCUT2D eigenvalue weighted by atomic mass is 16.5. The molecule has 9 nitrogen and oxygen atoms in total. The van der Waals surface area contributed by atoms with E-state index in [1.165, 1.54) is 14.2 Å². The minimum absolute atomic E-state index is 0.160. The van der Waals surface area contributed by atoms with Crippen LogP contribution >= 0.6 is 0 Å². The summed E-state index contributed by atoms with van der Waals surface area (Å²) < 4.78 is 15.8. The number of rotatable bonds is 5. The normalized spacial score (nSPS) is 26.0. The van der Waals surface area contributed by atoms with E-state index in [1.807, 2.05) is 13.8 Å². The van der Waals surface area contributed by atoms with Crippen molar-refractivity contribution in [3.8, 4) is 11.9 Å². The molecule has 9 heteroatoms.